The van der Waals surface area contributed by atoms with Crippen LogP contribution in [0.4, 0.5) is 5.69 Å². The predicted octanol–water partition coefficient (Wildman–Crippen LogP) is 2.98. The van der Waals surface area contributed by atoms with Gasteiger partial charge in [0.15, 0.2) is 0 Å². The van der Waals surface area contributed by atoms with Crippen LogP contribution >= 0.6 is 0 Å². The predicted molar refractivity (Wildman–Crippen MR) is 102 cm³/mol. The molecule has 0 aliphatic heterocycles. The SMILES string of the molecule is COc1ccc(CC(=O)Nc2ccc(-c3cn4ccnnc4n3)cc2)cc1. The molecule has 134 valence electrons. The topological polar surface area (TPSA) is 81.4 Å². The zero-order valence-corrected chi connectivity index (χ0v) is 14.7. The standard InChI is InChI=1S/C20H17N5O2/c1-27-17-8-2-14(3-9-17)12-19(26)22-16-6-4-15(5-7-16)18-13-25-11-10-21-24-20(25)23-18/h2-11,13H,12H2,1H3,(H,22,26). The Balaban J connectivity index is 1.43. The number of imidazole rings is 1. The number of rotatable bonds is 5. The maximum atomic E-state index is 12.2. The maximum absolute atomic E-state index is 12.2. The summed E-state index contributed by atoms with van der Waals surface area (Å²) in [6, 6.07) is 15.0. The summed E-state index contributed by atoms with van der Waals surface area (Å²) >= 11 is 0. The van der Waals surface area contributed by atoms with Crippen LogP contribution in [0.2, 0.25) is 0 Å². The molecule has 2 heterocycles. The van der Waals surface area contributed by atoms with Crippen molar-refractivity contribution in [2.24, 2.45) is 0 Å². The molecule has 0 aliphatic rings. The van der Waals surface area contributed by atoms with Crippen molar-refractivity contribution in [3.8, 4) is 17.0 Å². The number of carbonyl (C=O) groups excluding carboxylic acids is 1. The van der Waals surface area contributed by atoms with Gasteiger partial charge in [-0.25, -0.2) is 4.98 Å². The third-order valence-corrected chi connectivity index (χ3v) is 4.14. The van der Waals surface area contributed by atoms with Gasteiger partial charge in [0.2, 0.25) is 5.91 Å². The van der Waals surface area contributed by atoms with Crippen molar-refractivity contribution >= 4 is 17.4 Å². The van der Waals surface area contributed by atoms with Crippen LogP contribution in [0, 0.1) is 0 Å². The summed E-state index contributed by atoms with van der Waals surface area (Å²) in [6.07, 6.45) is 5.60. The molecule has 0 saturated heterocycles. The van der Waals surface area contributed by atoms with E-state index in [-0.39, 0.29) is 5.91 Å². The first-order valence-corrected chi connectivity index (χ1v) is 8.41. The van der Waals surface area contributed by atoms with E-state index >= 15 is 0 Å². The molecule has 7 heteroatoms. The molecule has 2 aromatic heterocycles. The van der Waals surface area contributed by atoms with Crippen LogP contribution in [0.5, 0.6) is 5.75 Å². The van der Waals surface area contributed by atoms with E-state index in [0.717, 1.165) is 28.3 Å². The Labute approximate surface area is 155 Å². The molecule has 27 heavy (non-hydrogen) atoms. The molecule has 0 spiro atoms. The zero-order chi connectivity index (χ0) is 18.6. The van der Waals surface area contributed by atoms with Gasteiger partial charge in [0.1, 0.15) is 5.75 Å². The van der Waals surface area contributed by atoms with Crippen LogP contribution in [0.25, 0.3) is 17.0 Å². The van der Waals surface area contributed by atoms with Crippen molar-refractivity contribution < 1.29 is 9.53 Å². The Hall–Kier alpha value is -3.74. The second-order valence-electron chi connectivity index (χ2n) is 6.00. The number of methoxy groups -OCH3 is 1. The van der Waals surface area contributed by atoms with E-state index in [0.29, 0.717) is 12.2 Å². The van der Waals surface area contributed by atoms with Gasteiger partial charge in [0, 0.05) is 23.6 Å². The lowest BCUT2D eigenvalue weighted by Crippen LogP contribution is -2.14. The van der Waals surface area contributed by atoms with Gasteiger partial charge >= 0.3 is 0 Å². The van der Waals surface area contributed by atoms with E-state index in [4.69, 9.17) is 4.74 Å². The second kappa shape index (κ2) is 7.25. The van der Waals surface area contributed by atoms with Crippen molar-refractivity contribution in [2.75, 3.05) is 12.4 Å². The highest BCUT2D eigenvalue weighted by molar-refractivity contribution is 5.92. The van der Waals surface area contributed by atoms with E-state index in [9.17, 15) is 4.79 Å². The highest BCUT2D eigenvalue weighted by atomic mass is 16.5. The molecule has 0 unspecified atom stereocenters. The summed E-state index contributed by atoms with van der Waals surface area (Å²) in [5, 5.41) is 10.7. The fourth-order valence-corrected chi connectivity index (χ4v) is 2.75. The number of nitrogens with one attached hydrogen (secondary N) is 1. The maximum Gasteiger partial charge on any atom is 0.254 e. The molecule has 7 nitrogen and oxygen atoms in total. The first-order valence-electron chi connectivity index (χ1n) is 8.41. The Morgan fingerprint density at radius 1 is 1.11 bits per heavy atom. The number of anilines is 1. The van der Waals surface area contributed by atoms with Crippen LogP contribution in [-0.4, -0.2) is 32.6 Å². The normalized spacial score (nSPS) is 10.7. The quantitative estimate of drug-likeness (QED) is 0.592. The van der Waals surface area contributed by atoms with E-state index in [1.54, 1.807) is 19.5 Å². The molecule has 1 amide bonds. The van der Waals surface area contributed by atoms with Crippen molar-refractivity contribution in [3.05, 3.63) is 72.7 Å². The second-order valence-corrected chi connectivity index (χ2v) is 6.00. The number of ether oxygens (including phenoxy) is 1. The fraction of sp³-hybridized carbons (Fsp3) is 0.100. The van der Waals surface area contributed by atoms with Crippen LogP contribution in [-0.2, 0) is 11.2 Å². The van der Waals surface area contributed by atoms with Crippen molar-refractivity contribution in [1.29, 1.82) is 0 Å². The van der Waals surface area contributed by atoms with E-state index in [1.807, 2.05) is 59.1 Å². The van der Waals surface area contributed by atoms with Crippen LogP contribution in [0.1, 0.15) is 5.56 Å². The molecule has 4 aromatic rings. The first kappa shape index (κ1) is 16.7. The van der Waals surface area contributed by atoms with Crippen molar-refractivity contribution in [1.82, 2.24) is 19.6 Å². The Morgan fingerprint density at radius 2 is 1.89 bits per heavy atom. The third kappa shape index (κ3) is 3.77. The average Bonchev–Trinajstić information content (AvgIpc) is 3.13. The molecule has 0 atom stereocenters. The number of fused-ring (bicyclic) bond motifs is 1. The van der Waals surface area contributed by atoms with Gasteiger partial charge < -0.3 is 10.1 Å². The molecule has 0 fully saturated rings. The molecular weight excluding hydrogens is 342 g/mol. The summed E-state index contributed by atoms with van der Waals surface area (Å²) in [5.41, 5.74) is 3.40. The molecular formula is C20H17N5O2. The zero-order valence-electron chi connectivity index (χ0n) is 14.7. The summed E-state index contributed by atoms with van der Waals surface area (Å²) < 4.78 is 6.93. The molecule has 1 N–H and O–H groups in total. The third-order valence-electron chi connectivity index (χ3n) is 4.14. The lowest BCUT2D eigenvalue weighted by molar-refractivity contribution is -0.115. The van der Waals surface area contributed by atoms with Crippen LogP contribution < -0.4 is 10.1 Å². The number of hydrogen-bond donors (Lipinski definition) is 1. The monoisotopic (exact) mass is 359 g/mol. The summed E-state index contributed by atoms with van der Waals surface area (Å²) in [4.78, 5) is 16.7. The molecule has 0 saturated carbocycles. The van der Waals surface area contributed by atoms with Crippen molar-refractivity contribution in [2.45, 2.75) is 6.42 Å². The van der Waals surface area contributed by atoms with Gasteiger partial charge in [0.25, 0.3) is 5.78 Å². The minimum absolute atomic E-state index is 0.0732. The van der Waals surface area contributed by atoms with E-state index in [2.05, 4.69) is 20.5 Å². The Bertz CT molecular complexity index is 1040. The van der Waals surface area contributed by atoms with Gasteiger partial charge in [0.05, 0.1) is 25.4 Å². The molecule has 0 aliphatic carbocycles. The summed E-state index contributed by atoms with van der Waals surface area (Å²) in [7, 11) is 1.62. The number of aromatic nitrogens is 4. The molecule has 0 radical (unpaired) electrons. The number of hydrogen-bond acceptors (Lipinski definition) is 5. The molecule has 2 aromatic carbocycles. The van der Waals surface area contributed by atoms with Gasteiger partial charge in [-0.05, 0) is 29.8 Å². The Kier molecular flexibility index (Phi) is 4.49. The molecule has 0 bridgehead atoms. The van der Waals surface area contributed by atoms with Gasteiger partial charge in [-0.1, -0.05) is 24.3 Å². The summed E-state index contributed by atoms with van der Waals surface area (Å²) in [5.74, 6) is 1.24. The van der Waals surface area contributed by atoms with Crippen LogP contribution in [0.3, 0.4) is 0 Å². The minimum atomic E-state index is -0.0732. The highest BCUT2D eigenvalue weighted by Gasteiger charge is 2.07. The van der Waals surface area contributed by atoms with Crippen molar-refractivity contribution in [3.63, 3.8) is 0 Å². The summed E-state index contributed by atoms with van der Waals surface area (Å²) in [6.45, 7) is 0. The lowest BCUT2D eigenvalue weighted by Gasteiger charge is -2.07. The molecule has 4 rings (SSSR count). The number of nitrogens with zero attached hydrogens (tertiary/aromatic N) is 4. The average molecular weight is 359 g/mol. The minimum Gasteiger partial charge on any atom is -0.497 e. The largest absolute Gasteiger partial charge is 0.497 e. The van der Waals surface area contributed by atoms with E-state index in [1.165, 1.54) is 0 Å². The fourth-order valence-electron chi connectivity index (χ4n) is 2.75. The number of benzene rings is 2. The van der Waals surface area contributed by atoms with Gasteiger partial charge in [-0.2, -0.15) is 5.10 Å². The lowest BCUT2D eigenvalue weighted by atomic mass is 10.1. The van der Waals surface area contributed by atoms with Crippen LogP contribution in [0.15, 0.2) is 67.1 Å². The Morgan fingerprint density at radius 3 is 2.59 bits per heavy atom. The van der Waals surface area contributed by atoms with Gasteiger partial charge in [-0.15, -0.1) is 5.10 Å². The highest BCUT2D eigenvalue weighted by Crippen LogP contribution is 2.21. The number of carbonyl (C=O) groups is 1. The van der Waals surface area contributed by atoms with E-state index < -0.39 is 0 Å². The number of amides is 1. The smallest absolute Gasteiger partial charge is 0.254 e. The van der Waals surface area contributed by atoms with Gasteiger partial charge in [-0.3, -0.25) is 9.20 Å². The first-order chi connectivity index (χ1) is 13.2.